The lowest BCUT2D eigenvalue weighted by molar-refractivity contribution is -0.133. The molecule has 5 heteroatoms. The Morgan fingerprint density at radius 2 is 2.20 bits per heavy atom. The van der Waals surface area contributed by atoms with E-state index in [1.54, 1.807) is 0 Å². The topological polar surface area (TPSA) is 55.1 Å². The Kier molecular flexibility index (Phi) is 3.53. The number of thioether (sulfide) groups is 1. The highest BCUT2D eigenvalue weighted by Gasteiger charge is 2.20. The van der Waals surface area contributed by atoms with Crippen LogP contribution in [0, 0.1) is 6.92 Å². The average Bonchev–Trinajstić information content (AvgIpc) is 3.02. The number of aromatic nitrogens is 2. The highest BCUT2D eigenvalue weighted by molar-refractivity contribution is 7.99. The molecule has 1 heterocycles. The largest absolute Gasteiger partial charge is 0.481 e. The van der Waals surface area contributed by atoms with E-state index >= 15 is 0 Å². The number of carbonyl (C=O) groups is 1. The van der Waals surface area contributed by atoms with Gasteiger partial charge in [-0.1, -0.05) is 30.0 Å². The summed E-state index contributed by atoms with van der Waals surface area (Å²) in [6.07, 6.45) is 6.33. The van der Waals surface area contributed by atoms with Crippen LogP contribution in [0.15, 0.2) is 35.5 Å². The Morgan fingerprint density at radius 3 is 2.90 bits per heavy atom. The van der Waals surface area contributed by atoms with Gasteiger partial charge in [0.15, 0.2) is 5.16 Å². The lowest BCUT2D eigenvalue weighted by atomic mass is 10.2. The number of carboxylic acid groups (broad SMARTS) is 1. The Bertz CT molecular complexity index is 682. The van der Waals surface area contributed by atoms with E-state index in [9.17, 15) is 4.79 Å². The summed E-state index contributed by atoms with van der Waals surface area (Å²) < 4.78 is 2.20. The van der Waals surface area contributed by atoms with Crippen LogP contribution >= 0.6 is 11.8 Å². The highest BCUT2D eigenvalue weighted by atomic mass is 32.2. The van der Waals surface area contributed by atoms with Crippen LogP contribution < -0.4 is 0 Å². The zero-order valence-corrected chi connectivity index (χ0v) is 12.1. The predicted octanol–water partition coefficient (Wildman–Crippen LogP) is 3.41. The smallest absolute Gasteiger partial charge is 0.313 e. The van der Waals surface area contributed by atoms with E-state index in [2.05, 4.69) is 34.7 Å². The van der Waals surface area contributed by atoms with Gasteiger partial charge in [0.2, 0.25) is 0 Å². The molecule has 4 nitrogen and oxygen atoms in total. The van der Waals surface area contributed by atoms with Crippen LogP contribution in [0.5, 0.6) is 0 Å². The van der Waals surface area contributed by atoms with E-state index in [0.717, 1.165) is 29.0 Å². The number of fused-ring (bicyclic) bond motifs is 1. The van der Waals surface area contributed by atoms with E-state index in [1.807, 2.05) is 12.1 Å². The molecule has 0 unspecified atom stereocenters. The van der Waals surface area contributed by atoms with Crippen LogP contribution in [0.2, 0.25) is 0 Å². The molecule has 1 N–H and O–H groups in total. The molecule has 0 fully saturated rings. The third-order valence-corrected chi connectivity index (χ3v) is 4.42. The van der Waals surface area contributed by atoms with Crippen molar-refractivity contribution in [2.75, 3.05) is 5.75 Å². The first-order chi connectivity index (χ1) is 9.65. The first-order valence-electron chi connectivity index (χ1n) is 6.63. The van der Waals surface area contributed by atoms with Gasteiger partial charge in [-0.2, -0.15) is 0 Å². The van der Waals surface area contributed by atoms with Gasteiger partial charge in [0.25, 0.3) is 0 Å². The summed E-state index contributed by atoms with van der Waals surface area (Å²) in [5, 5.41) is 9.69. The molecule has 0 radical (unpaired) electrons. The molecular weight excluding hydrogens is 272 g/mol. The van der Waals surface area contributed by atoms with Crippen molar-refractivity contribution >= 4 is 28.8 Å². The number of hydrogen-bond donors (Lipinski definition) is 1. The second-order valence-corrected chi connectivity index (χ2v) is 5.98. The van der Waals surface area contributed by atoms with Gasteiger partial charge in [-0.15, -0.1) is 0 Å². The third kappa shape index (κ3) is 2.45. The predicted molar refractivity (Wildman–Crippen MR) is 80.2 cm³/mol. The van der Waals surface area contributed by atoms with Gasteiger partial charge in [-0.3, -0.25) is 4.79 Å². The number of rotatable bonds is 4. The number of imidazole rings is 1. The lowest BCUT2D eigenvalue weighted by Gasteiger charge is -2.15. The fraction of sp³-hybridized carbons (Fsp3) is 0.333. The van der Waals surface area contributed by atoms with Gasteiger partial charge in [0.1, 0.15) is 0 Å². The summed E-state index contributed by atoms with van der Waals surface area (Å²) in [6, 6.07) is 6.54. The van der Waals surface area contributed by atoms with Crippen LogP contribution in [0.4, 0.5) is 0 Å². The van der Waals surface area contributed by atoms with Gasteiger partial charge in [0, 0.05) is 6.04 Å². The molecule has 0 atom stereocenters. The van der Waals surface area contributed by atoms with Gasteiger partial charge in [0.05, 0.1) is 16.8 Å². The van der Waals surface area contributed by atoms with E-state index in [-0.39, 0.29) is 5.75 Å². The molecule has 0 saturated heterocycles. The maximum atomic E-state index is 10.8. The molecule has 1 aliphatic carbocycles. The van der Waals surface area contributed by atoms with Crippen molar-refractivity contribution in [1.29, 1.82) is 0 Å². The molecule has 104 valence electrons. The van der Waals surface area contributed by atoms with Crippen LogP contribution in [0.3, 0.4) is 0 Å². The lowest BCUT2D eigenvalue weighted by Crippen LogP contribution is -2.08. The van der Waals surface area contributed by atoms with Crippen molar-refractivity contribution in [1.82, 2.24) is 9.55 Å². The van der Waals surface area contributed by atoms with Gasteiger partial charge < -0.3 is 9.67 Å². The van der Waals surface area contributed by atoms with E-state index in [1.165, 1.54) is 17.3 Å². The number of aliphatic carboxylic acids is 1. The number of allylic oxidation sites excluding steroid dienone is 2. The molecule has 1 aromatic carbocycles. The van der Waals surface area contributed by atoms with Crippen LogP contribution in [0.1, 0.15) is 24.4 Å². The molecule has 0 amide bonds. The summed E-state index contributed by atoms with van der Waals surface area (Å²) >= 11 is 1.30. The molecule has 2 aromatic rings. The Hall–Kier alpha value is -1.75. The van der Waals surface area contributed by atoms with Gasteiger partial charge in [-0.25, -0.2) is 4.98 Å². The quantitative estimate of drug-likeness (QED) is 0.692. The number of benzene rings is 1. The van der Waals surface area contributed by atoms with Gasteiger partial charge >= 0.3 is 5.97 Å². The minimum absolute atomic E-state index is 0.0441. The number of aryl methyl sites for hydroxylation is 1. The summed E-state index contributed by atoms with van der Waals surface area (Å²) in [5.74, 6) is -0.767. The fourth-order valence-corrected chi connectivity index (χ4v) is 3.38. The summed E-state index contributed by atoms with van der Waals surface area (Å²) in [4.78, 5) is 15.4. The van der Waals surface area contributed by atoms with Crippen LogP contribution in [-0.2, 0) is 4.79 Å². The maximum absolute atomic E-state index is 10.8. The Morgan fingerprint density at radius 1 is 1.45 bits per heavy atom. The normalized spacial score (nSPS) is 15.2. The second kappa shape index (κ2) is 5.32. The zero-order valence-electron chi connectivity index (χ0n) is 11.2. The number of hydrogen-bond acceptors (Lipinski definition) is 3. The van der Waals surface area contributed by atoms with Crippen molar-refractivity contribution in [3.63, 3.8) is 0 Å². The van der Waals surface area contributed by atoms with E-state index < -0.39 is 5.97 Å². The maximum Gasteiger partial charge on any atom is 0.313 e. The fourth-order valence-electron chi connectivity index (χ4n) is 2.58. The first-order valence-corrected chi connectivity index (χ1v) is 7.62. The highest BCUT2D eigenvalue weighted by Crippen LogP contribution is 2.33. The molecule has 0 saturated carbocycles. The molecule has 3 rings (SSSR count). The van der Waals surface area contributed by atoms with Gasteiger partial charge in [-0.05, 0) is 37.5 Å². The first kappa shape index (κ1) is 13.2. The summed E-state index contributed by atoms with van der Waals surface area (Å²) in [5.41, 5.74) is 3.24. The Labute approximate surface area is 121 Å². The molecule has 1 aliphatic rings. The van der Waals surface area contributed by atoms with Crippen molar-refractivity contribution in [2.45, 2.75) is 31.0 Å². The van der Waals surface area contributed by atoms with Crippen molar-refractivity contribution in [3.8, 4) is 0 Å². The second-order valence-electron chi connectivity index (χ2n) is 5.04. The average molecular weight is 288 g/mol. The molecule has 0 aliphatic heterocycles. The number of carboxylic acids is 1. The molecular formula is C15H16N2O2S. The summed E-state index contributed by atoms with van der Waals surface area (Å²) in [7, 11) is 0. The zero-order chi connectivity index (χ0) is 14.1. The van der Waals surface area contributed by atoms with Crippen molar-refractivity contribution in [3.05, 3.63) is 35.9 Å². The Balaban J connectivity index is 2.07. The van der Waals surface area contributed by atoms with Crippen LogP contribution in [-0.4, -0.2) is 26.4 Å². The molecule has 0 spiro atoms. The summed E-state index contributed by atoms with van der Waals surface area (Å²) in [6.45, 7) is 2.06. The van der Waals surface area contributed by atoms with Crippen LogP contribution in [0.25, 0.3) is 11.0 Å². The number of nitrogens with zero attached hydrogens (tertiary/aromatic N) is 2. The minimum atomic E-state index is -0.811. The van der Waals surface area contributed by atoms with Crippen molar-refractivity contribution < 1.29 is 9.90 Å². The van der Waals surface area contributed by atoms with E-state index in [4.69, 9.17) is 5.11 Å². The third-order valence-electron chi connectivity index (χ3n) is 3.49. The molecule has 20 heavy (non-hydrogen) atoms. The van der Waals surface area contributed by atoms with E-state index in [0.29, 0.717) is 6.04 Å². The SMILES string of the molecule is Cc1ccc2nc(SCC(=O)O)n(C3CC=CC3)c2c1. The minimum Gasteiger partial charge on any atom is -0.481 e. The monoisotopic (exact) mass is 288 g/mol. The standard InChI is InChI=1S/C15H16N2O2S/c1-10-6-7-12-13(8-10)17(11-4-2-3-5-11)15(16-12)20-9-14(18)19/h2-3,6-8,11H,4-5,9H2,1H3,(H,18,19). The van der Waals surface area contributed by atoms with Crippen molar-refractivity contribution in [2.24, 2.45) is 0 Å². The molecule has 0 bridgehead atoms. The molecule has 1 aromatic heterocycles.